The van der Waals surface area contributed by atoms with Crippen LogP contribution in [0.1, 0.15) is 6.42 Å². The van der Waals surface area contributed by atoms with E-state index in [2.05, 4.69) is 32.4 Å². The molecule has 1 fully saturated rings. The van der Waals surface area contributed by atoms with Crippen molar-refractivity contribution in [3.63, 3.8) is 0 Å². The third kappa shape index (κ3) is 3.25. The van der Waals surface area contributed by atoms with Crippen LogP contribution in [-0.2, 0) is 11.8 Å². The Bertz CT molecular complexity index is 932. The van der Waals surface area contributed by atoms with Crippen LogP contribution in [0.25, 0.3) is 21.9 Å². The molecular formula is C19H21N5O. The monoisotopic (exact) mass is 335 g/mol. The molecule has 3 heterocycles. The standard InChI is InChI=1S/C19H21N5O/c1-23-6-5-15(11-23)19(25)22-18-8-16-7-13(3-4-14(16)9-20-18)17-10-21-24(2)12-17/h3-4,7-10,12,15H,5-6,11H2,1-2H3,(H,20,22,25). The van der Waals surface area contributed by atoms with Crippen molar-refractivity contribution >= 4 is 22.5 Å². The number of likely N-dealkylation sites (tertiary alicyclic amines) is 1. The summed E-state index contributed by atoms with van der Waals surface area (Å²) >= 11 is 0. The highest BCUT2D eigenvalue weighted by Gasteiger charge is 2.26. The van der Waals surface area contributed by atoms with Crippen LogP contribution < -0.4 is 5.32 Å². The summed E-state index contributed by atoms with van der Waals surface area (Å²) in [6, 6.07) is 8.15. The average molecular weight is 335 g/mol. The highest BCUT2D eigenvalue weighted by molar-refractivity contribution is 5.95. The molecule has 6 nitrogen and oxygen atoms in total. The fourth-order valence-corrected chi connectivity index (χ4v) is 3.34. The molecule has 0 bridgehead atoms. The summed E-state index contributed by atoms with van der Waals surface area (Å²) in [5, 5.41) is 9.29. The summed E-state index contributed by atoms with van der Waals surface area (Å²) in [5.41, 5.74) is 2.17. The van der Waals surface area contributed by atoms with Crippen molar-refractivity contribution in [2.45, 2.75) is 6.42 Å². The Morgan fingerprint density at radius 3 is 2.76 bits per heavy atom. The van der Waals surface area contributed by atoms with E-state index in [0.29, 0.717) is 5.82 Å². The minimum atomic E-state index is 0.0456. The second-order valence-corrected chi connectivity index (χ2v) is 6.77. The molecule has 128 valence electrons. The molecule has 6 heteroatoms. The summed E-state index contributed by atoms with van der Waals surface area (Å²) in [6.07, 6.45) is 6.54. The molecule has 1 amide bonds. The Morgan fingerprint density at radius 1 is 1.16 bits per heavy atom. The van der Waals surface area contributed by atoms with Gasteiger partial charge in [0.15, 0.2) is 0 Å². The lowest BCUT2D eigenvalue weighted by Crippen LogP contribution is -2.25. The number of carbonyl (C=O) groups excluding carboxylic acids is 1. The second-order valence-electron chi connectivity index (χ2n) is 6.77. The fourth-order valence-electron chi connectivity index (χ4n) is 3.34. The van der Waals surface area contributed by atoms with Gasteiger partial charge >= 0.3 is 0 Å². The molecule has 0 saturated carbocycles. The van der Waals surface area contributed by atoms with E-state index in [9.17, 15) is 4.79 Å². The van der Waals surface area contributed by atoms with E-state index in [1.165, 1.54) is 0 Å². The Labute approximate surface area is 146 Å². The smallest absolute Gasteiger partial charge is 0.229 e. The third-order valence-electron chi connectivity index (χ3n) is 4.77. The minimum absolute atomic E-state index is 0.0456. The molecule has 0 spiro atoms. The number of carbonyl (C=O) groups is 1. The molecule has 1 unspecified atom stereocenters. The molecule has 1 aromatic carbocycles. The van der Waals surface area contributed by atoms with Crippen LogP contribution in [-0.4, -0.2) is 45.7 Å². The first-order valence-electron chi connectivity index (χ1n) is 8.47. The molecule has 1 saturated heterocycles. The topological polar surface area (TPSA) is 63.1 Å². The van der Waals surface area contributed by atoms with Crippen LogP contribution in [0.4, 0.5) is 5.82 Å². The molecule has 1 N–H and O–H groups in total. The van der Waals surface area contributed by atoms with Gasteiger partial charge in [0.05, 0.1) is 12.1 Å². The van der Waals surface area contributed by atoms with Crippen molar-refractivity contribution in [3.05, 3.63) is 42.9 Å². The van der Waals surface area contributed by atoms with Crippen molar-refractivity contribution in [2.24, 2.45) is 13.0 Å². The van der Waals surface area contributed by atoms with Gasteiger partial charge < -0.3 is 10.2 Å². The van der Waals surface area contributed by atoms with E-state index < -0.39 is 0 Å². The van der Waals surface area contributed by atoms with Gasteiger partial charge in [-0.05, 0) is 43.1 Å². The van der Waals surface area contributed by atoms with Crippen LogP contribution in [0.5, 0.6) is 0 Å². The van der Waals surface area contributed by atoms with Gasteiger partial charge in [0.2, 0.25) is 5.91 Å². The van der Waals surface area contributed by atoms with E-state index >= 15 is 0 Å². The van der Waals surface area contributed by atoms with E-state index in [1.807, 2.05) is 38.6 Å². The SMILES string of the molecule is CN1CCC(C(=O)Nc2cc3cc(-c4cnn(C)c4)ccc3cn2)C1. The summed E-state index contributed by atoms with van der Waals surface area (Å²) in [6.45, 7) is 1.78. The normalized spacial score (nSPS) is 17.9. The molecule has 2 aromatic heterocycles. The van der Waals surface area contributed by atoms with Gasteiger partial charge in [-0.3, -0.25) is 9.48 Å². The lowest BCUT2D eigenvalue weighted by molar-refractivity contribution is -0.119. The minimum Gasteiger partial charge on any atom is -0.310 e. The molecular weight excluding hydrogens is 314 g/mol. The Kier molecular flexibility index (Phi) is 3.97. The highest BCUT2D eigenvalue weighted by atomic mass is 16.2. The molecule has 1 atom stereocenters. The van der Waals surface area contributed by atoms with E-state index in [4.69, 9.17) is 0 Å². The number of rotatable bonds is 3. The number of amides is 1. The first-order valence-corrected chi connectivity index (χ1v) is 8.47. The van der Waals surface area contributed by atoms with Gasteiger partial charge in [0.25, 0.3) is 0 Å². The van der Waals surface area contributed by atoms with Crippen LogP contribution in [0, 0.1) is 5.92 Å². The molecule has 3 aromatic rings. The van der Waals surface area contributed by atoms with Crippen molar-refractivity contribution in [1.29, 1.82) is 0 Å². The number of nitrogens with one attached hydrogen (secondary N) is 1. The van der Waals surface area contributed by atoms with Gasteiger partial charge in [-0.1, -0.05) is 12.1 Å². The Morgan fingerprint density at radius 2 is 2.04 bits per heavy atom. The van der Waals surface area contributed by atoms with Crippen molar-refractivity contribution < 1.29 is 4.79 Å². The van der Waals surface area contributed by atoms with Gasteiger partial charge in [-0.15, -0.1) is 0 Å². The maximum absolute atomic E-state index is 12.4. The predicted octanol–water partition coefficient (Wildman–Crippen LogP) is 2.53. The highest BCUT2D eigenvalue weighted by Crippen LogP contribution is 2.25. The number of nitrogens with zero attached hydrogens (tertiary/aromatic N) is 4. The predicted molar refractivity (Wildman–Crippen MR) is 98.2 cm³/mol. The number of benzene rings is 1. The van der Waals surface area contributed by atoms with Crippen molar-refractivity contribution in [1.82, 2.24) is 19.7 Å². The maximum Gasteiger partial charge on any atom is 0.229 e. The number of anilines is 1. The zero-order valence-corrected chi connectivity index (χ0v) is 14.4. The van der Waals surface area contributed by atoms with Crippen LogP contribution in [0.3, 0.4) is 0 Å². The Balaban J connectivity index is 1.59. The van der Waals surface area contributed by atoms with Gasteiger partial charge in [-0.2, -0.15) is 5.10 Å². The first-order chi connectivity index (χ1) is 12.1. The zero-order chi connectivity index (χ0) is 17.4. The molecule has 1 aliphatic rings. The summed E-state index contributed by atoms with van der Waals surface area (Å²) in [5.74, 6) is 0.708. The molecule has 1 aliphatic heterocycles. The van der Waals surface area contributed by atoms with Crippen LogP contribution in [0.2, 0.25) is 0 Å². The van der Waals surface area contributed by atoms with Gasteiger partial charge in [0.1, 0.15) is 5.82 Å². The molecule has 0 radical (unpaired) electrons. The number of hydrogen-bond acceptors (Lipinski definition) is 4. The van der Waals surface area contributed by atoms with Crippen LogP contribution in [0.15, 0.2) is 42.9 Å². The van der Waals surface area contributed by atoms with E-state index in [1.54, 1.807) is 10.9 Å². The van der Waals surface area contributed by atoms with Gasteiger partial charge in [-0.25, -0.2) is 4.98 Å². The summed E-state index contributed by atoms with van der Waals surface area (Å²) < 4.78 is 1.79. The lowest BCUT2D eigenvalue weighted by Gasteiger charge is -2.11. The molecule has 4 rings (SSSR count). The number of pyridine rings is 1. The number of aryl methyl sites for hydroxylation is 1. The fraction of sp³-hybridized carbons (Fsp3) is 0.316. The summed E-state index contributed by atoms with van der Waals surface area (Å²) in [7, 11) is 3.95. The molecule has 0 aliphatic carbocycles. The van der Waals surface area contributed by atoms with Crippen molar-refractivity contribution in [3.8, 4) is 11.1 Å². The van der Waals surface area contributed by atoms with Crippen LogP contribution >= 0.6 is 0 Å². The first kappa shape index (κ1) is 15.8. The quantitative estimate of drug-likeness (QED) is 0.799. The number of hydrogen-bond donors (Lipinski definition) is 1. The van der Waals surface area contributed by atoms with E-state index in [-0.39, 0.29) is 11.8 Å². The average Bonchev–Trinajstić information content (AvgIpc) is 3.23. The largest absolute Gasteiger partial charge is 0.310 e. The maximum atomic E-state index is 12.4. The number of aromatic nitrogens is 3. The summed E-state index contributed by atoms with van der Waals surface area (Å²) in [4.78, 5) is 19.0. The third-order valence-corrected chi connectivity index (χ3v) is 4.77. The number of fused-ring (bicyclic) bond motifs is 1. The van der Waals surface area contributed by atoms with Gasteiger partial charge in [0, 0.05) is 36.9 Å². The van der Waals surface area contributed by atoms with Crippen molar-refractivity contribution in [2.75, 3.05) is 25.5 Å². The zero-order valence-electron chi connectivity index (χ0n) is 14.4. The molecule has 25 heavy (non-hydrogen) atoms. The van der Waals surface area contributed by atoms with E-state index in [0.717, 1.165) is 41.4 Å². The second kappa shape index (κ2) is 6.29. The Hall–Kier alpha value is -2.73. The lowest BCUT2D eigenvalue weighted by atomic mass is 10.0.